The van der Waals surface area contributed by atoms with Crippen molar-refractivity contribution >= 4 is 17.7 Å². The number of hydrogen-bond donors (Lipinski definition) is 1. The summed E-state index contributed by atoms with van der Waals surface area (Å²) < 4.78 is 10.2. The van der Waals surface area contributed by atoms with Crippen molar-refractivity contribution in [2.45, 2.75) is 39.5 Å². The second kappa shape index (κ2) is 5.81. The number of rotatable bonds is 4. The minimum Gasteiger partial charge on any atom is -0.465 e. The molecule has 0 radical (unpaired) electrons. The van der Waals surface area contributed by atoms with Gasteiger partial charge >= 0.3 is 11.9 Å². The summed E-state index contributed by atoms with van der Waals surface area (Å²) in [4.78, 5) is 24.9. The maximum Gasteiger partial charge on any atom is 0.324 e. The summed E-state index contributed by atoms with van der Waals surface area (Å²) in [5.74, 6) is -1.22. The van der Waals surface area contributed by atoms with E-state index in [1.165, 1.54) is 0 Å². The lowest BCUT2D eigenvalue weighted by Gasteiger charge is -2.30. The van der Waals surface area contributed by atoms with Crippen molar-refractivity contribution in [1.29, 1.82) is 0 Å². The minimum absolute atomic E-state index is 0.211. The summed E-state index contributed by atoms with van der Waals surface area (Å²) in [6.45, 7) is 3.84. The summed E-state index contributed by atoms with van der Waals surface area (Å²) in [5.41, 5.74) is -0.811. The third-order valence-corrected chi connectivity index (χ3v) is 4.39. The topological polar surface area (TPSA) is 85.2 Å². The maximum absolute atomic E-state index is 12.4. The van der Waals surface area contributed by atoms with Gasteiger partial charge in [-0.2, -0.15) is 0 Å². The monoisotopic (exact) mass is 283 g/mol. The van der Waals surface area contributed by atoms with Crippen molar-refractivity contribution in [3.8, 4) is 0 Å². The molecule has 0 aromatic heterocycles. The molecule has 2 unspecified atom stereocenters. The highest BCUT2D eigenvalue weighted by atomic mass is 16.6. The van der Waals surface area contributed by atoms with Crippen molar-refractivity contribution in [1.82, 2.24) is 0 Å². The average molecular weight is 283 g/mol. The van der Waals surface area contributed by atoms with Crippen molar-refractivity contribution in [2.75, 3.05) is 13.2 Å². The van der Waals surface area contributed by atoms with Crippen LogP contribution in [0.25, 0.3) is 0 Å². The Morgan fingerprint density at radius 3 is 2.40 bits per heavy atom. The van der Waals surface area contributed by atoms with Gasteiger partial charge in [0.2, 0.25) is 0 Å². The van der Waals surface area contributed by atoms with Gasteiger partial charge in [0.05, 0.1) is 18.9 Å². The molecule has 112 valence electrons. The molecule has 1 N–H and O–H groups in total. The van der Waals surface area contributed by atoms with Crippen LogP contribution in [0.1, 0.15) is 39.5 Å². The van der Waals surface area contributed by atoms with Crippen molar-refractivity contribution in [3.05, 3.63) is 0 Å². The number of nitrogens with zero attached hydrogens (tertiary/aromatic N) is 1. The fourth-order valence-electron chi connectivity index (χ4n) is 3.56. The fraction of sp³-hybridized carbons (Fsp3) is 0.786. The molecule has 0 heterocycles. The van der Waals surface area contributed by atoms with Crippen LogP contribution in [-0.2, 0) is 19.1 Å². The van der Waals surface area contributed by atoms with Crippen LogP contribution >= 0.6 is 0 Å². The van der Waals surface area contributed by atoms with Crippen molar-refractivity contribution in [2.24, 2.45) is 22.4 Å². The smallest absolute Gasteiger partial charge is 0.324 e. The first-order valence-electron chi connectivity index (χ1n) is 7.15. The summed E-state index contributed by atoms with van der Waals surface area (Å²) in [6.07, 6.45) is 2.55. The summed E-state index contributed by atoms with van der Waals surface area (Å²) in [5, 5.41) is 12.5. The predicted octanol–water partition coefficient (Wildman–Crippen LogP) is 1.75. The first-order chi connectivity index (χ1) is 9.59. The molecule has 2 bridgehead atoms. The minimum atomic E-state index is -1.32. The van der Waals surface area contributed by atoms with Crippen LogP contribution < -0.4 is 0 Å². The van der Waals surface area contributed by atoms with Crippen molar-refractivity contribution < 1.29 is 24.3 Å². The number of esters is 2. The van der Waals surface area contributed by atoms with Crippen LogP contribution in [0.15, 0.2) is 5.16 Å². The van der Waals surface area contributed by atoms with Gasteiger partial charge in [-0.3, -0.25) is 9.59 Å². The molecule has 2 saturated carbocycles. The van der Waals surface area contributed by atoms with E-state index in [1.54, 1.807) is 13.8 Å². The standard InChI is InChI=1S/C14H21NO5/c1-3-19-12(16)14(13(17)20-4-2)8-9-5-6-11(15-18)10(14)7-9/h9-10,18H,3-8H2,1-2H3/b15-11+. The molecule has 2 atom stereocenters. The normalized spacial score (nSPS) is 29.2. The lowest BCUT2D eigenvalue weighted by molar-refractivity contribution is -0.173. The van der Waals surface area contributed by atoms with Crippen molar-refractivity contribution in [3.63, 3.8) is 0 Å². The summed E-state index contributed by atoms with van der Waals surface area (Å²) >= 11 is 0. The van der Waals surface area contributed by atoms with Gasteiger partial charge in [-0.05, 0) is 45.4 Å². The Bertz CT molecular complexity index is 413. The van der Waals surface area contributed by atoms with Gasteiger partial charge in [-0.25, -0.2) is 0 Å². The second-order valence-electron chi connectivity index (χ2n) is 5.40. The molecule has 0 saturated heterocycles. The van der Waals surface area contributed by atoms with E-state index in [-0.39, 0.29) is 19.1 Å². The van der Waals surface area contributed by atoms with Crippen LogP contribution in [0.3, 0.4) is 0 Å². The van der Waals surface area contributed by atoms with Gasteiger partial charge in [0.1, 0.15) is 0 Å². The van der Waals surface area contributed by atoms with Gasteiger partial charge in [0, 0.05) is 5.92 Å². The molecule has 2 rings (SSSR count). The molecule has 2 fully saturated rings. The molecule has 2 aliphatic carbocycles. The number of hydrogen-bond acceptors (Lipinski definition) is 6. The lowest BCUT2D eigenvalue weighted by atomic mass is 9.74. The zero-order chi connectivity index (χ0) is 14.8. The third kappa shape index (κ3) is 2.17. The molecule has 6 nitrogen and oxygen atoms in total. The first kappa shape index (κ1) is 14.8. The largest absolute Gasteiger partial charge is 0.465 e. The molecular formula is C14H21NO5. The van der Waals surface area contributed by atoms with Gasteiger partial charge in [0.25, 0.3) is 0 Å². The van der Waals surface area contributed by atoms with E-state index in [0.717, 1.165) is 6.42 Å². The Morgan fingerprint density at radius 2 is 1.90 bits per heavy atom. The van der Waals surface area contributed by atoms with Gasteiger partial charge < -0.3 is 14.7 Å². The van der Waals surface area contributed by atoms with Crippen LogP contribution in [-0.4, -0.2) is 36.1 Å². The Balaban J connectivity index is 2.41. The van der Waals surface area contributed by atoms with Crippen LogP contribution in [0.4, 0.5) is 0 Å². The summed E-state index contributed by atoms with van der Waals surface area (Å²) in [7, 11) is 0. The zero-order valence-electron chi connectivity index (χ0n) is 11.9. The van der Waals surface area contributed by atoms with Crippen LogP contribution in [0.2, 0.25) is 0 Å². The number of ether oxygens (including phenoxy) is 2. The quantitative estimate of drug-likeness (QED) is 0.368. The molecule has 20 heavy (non-hydrogen) atoms. The number of oxime groups is 1. The third-order valence-electron chi connectivity index (χ3n) is 4.39. The number of carbonyl (C=O) groups is 2. The van der Waals surface area contributed by atoms with Gasteiger partial charge in [-0.15, -0.1) is 0 Å². The highest BCUT2D eigenvalue weighted by Crippen LogP contribution is 2.54. The SMILES string of the molecule is CCOC(=O)C1(C(=O)OCC)CC2CC/C(=N\O)C1C2. The average Bonchev–Trinajstić information content (AvgIpc) is 2.74. The zero-order valence-corrected chi connectivity index (χ0v) is 11.9. The van der Waals surface area contributed by atoms with E-state index in [9.17, 15) is 9.59 Å². The van der Waals surface area contributed by atoms with Gasteiger partial charge in [-0.1, -0.05) is 5.16 Å². The highest BCUT2D eigenvalue weighted by molar-refractivity contribution is 6.07. The lowest BCUT2D eigenvalue weighted by Crippen LogP contribution is -2.47. The van der Waals surface area contributed by atoms with Gasteiger partial charge in [0.15, 0.2) is 5.41 Å². The maximum atomic E-state index is 12.4. The molecule has 6 heteroatoms. The molecular weight excluding hydrogens is 262 g/mol. The van der Waals surface area contributed by atoms with E-state index in [2.05, 4.69) is 5.16 Å². The van der Waals surface area contributed by atoms with Crippen LogP contribution in [0, 0.1) is 17.3 Å². The fourth-order valence-corrected chi connectivity index (χ4v) is 3.56. The molecule has 0 spiro atoms. The second-order valence-corrected chi connectivity index (χ2v) is 5.40. The molecule has 0 aliphatic heterocycles. The summed E-state index contributed by atoms with van der Waals surface area (Å²) in [6, 6.07) is 0. The Labute approximate surface area is 118 Å². The Hall–Kier alpha value is -1.59. The van der Waals surface area contributed by atoms with E-state index in [1.807, 2.05) is 0 Å². The first-order valence-corrected chi connectivity index (χ1v) is 7.15. The molecule has 0 aromatic rings. The molecule has 0 amide bonds. The predicted molar refractivity (Wildman–Crippen MR) is 70.4 cm³/mol. The van der Waals surface area contributed by atoms with E-state index < -0.39 is 23.3 Å². The van der Waals surface area contributed by atoms with E-state index >= 15 is 0 Å². The van der Waals surface area contributed by atoms with Crippen LogP contribution in [0.5, 0.6) is 0 Å². The Kier molecular flexibility index (Phi) is 4.30. The van der Waals surface area contributed by atoms with E-state index in [4.69, 9.17) is 14.7 Å². The molecule has 2 aliphatic rings. The Morgan fingerprint density at radius 1 is 1.30 bits per heavy atom. The highest BCUT2D eigenvalue weighted by Gasteiger charge is 2.63. The number of fused-ring (bicyclic) bond motifs is 2. The molecule has 0 aromatic carbocycles. The van der Waals surface area contributed by atoms with E-state index in [0.29, 0.717) is 25.0 Å². The number of carbonyl (C=O) groups excluding carboxylic acids is 2.